The molecule has 0 aromatic heterocycles. The van der Waals surface area contributed by atoms with Gasteiger partial charge >= 0.3 is 0 Å². The number of hydrogen-bond acceptors (Lipinski definition) is 2. The first-order valence-corrected chi connectivity index (χ1v) is 6.84. The Labute approximate surface area is 112 Å². The average molecular weight is 246 g/mol. The van der Waals surface area contributed by atoms with E-state index in [4.69, 9.17) is 0 Å². The molecule has 1 aromatic carbocycles. The van der Waals surface area contributed by atoms with E-state index in [9.17, 15) is 0 Å². The van der Waals surface area contributed by atoms with Gasteiger partial charge in [-0.1, -0.05) is 0 Å². The Morgan fingerprint density at radius 3 is 2.33 bits per heavy atom. The van der Waals surface area contributed by atoms with Gasteiger partial charge < -0.3 is 9.80 Å². The zero-order valence-corrected chi connectivity index (χ0v) is 12.8. The molecule has 0 fully saturated rings. The van der Waals surface area contributed by atoms with Crippen molar-refractivity contribution in [1.29, 1.82) is 0 Å². The van der Waals surface area contributed by atoms with Crippen LogP contribution in [0.2, 0.25) is 0 Å². The van der Waals surface area contributed by atoms with Crippen molar-refractivity contribution in [3.05, 3.63) is 28.3 Å². The number of fused-ring (bicyclic) bond motifs is 1. The van der Waals surface area contributed by atoms with Crippen molar-refractivity contribution in [2.24, 2.45) is 0 Å². The van der Waals surface area contributed by atoms with Crippen molar-refractivity contribution in [2.45, 2.75) is 46.2 Å². The minimum Gasteiger partial charge on any atom is -0.372 e. The first-order chi connectivity index (χ1) is 8.34. The van der Waals surface area contributed by atoms with Crippen molar-refractivity contribution in [3.63, 3.8) is 0 Å². The molecule has 1 aromatic rings. The summed E-state index contributed by atoms with van der Waals surface area (Å²) in [6.07, 6.45) is 1.21. The van der Waals surface area contributed by atoms with Crippen LogP contribution in [-0.4, -0.2) is 32.1 Å². The van der Waals surface area contributed by atoms with Crippen molar-refractivity contribution in [3.8, 4) is 0 Å². The lowest BCUT2D eigenvalue weighted by molar-refractivity contribution is 0.260. The number of aryl methyl sites for hydroxylation is 1. The van der Waals surface area contributed by atoms with Crippen LogP contribution in [0.1, 0.15) is 41.6 Å². The maximum absolute atomic E-state index is 2.44. The average Bonchev–Trinajstić information content (AvgIpc) is 2.31. The van der Waals surface area contributed by atoms with Crippen molar-refractivity contribution >= 4 is 5.69 Å². The van der Waals surface area contributed by atoms with Crippen molar-refractivity contribution < 1.29 is 0 Å². The molecule has 0 amide bonds. The molecule has 2 atom stereocenters. The van der Waals surface area contributed by atoms with E-state index in [-0.39, 0.29) is 0 Å². The van der Waals surface area contributed by atoms with Crippen LogP contribution in [-0.2, 0) is 0 Å². The van der Waals surface area contributed by atoms with Crippen LogP contribution in [0.5, 0.6) is 0 Å². The monoisotopic (exact) mass is 246 g/mol. The molecule has 0 radical (unpaired) electrons. The molecule has 0 bridgehead atoms. The Kier molecular flexibility index (Phi) is 3.41. The van der Waals surface area contributed by atoms with Crippen LogP contribution in [0.25, 0.3) is 0 Å². The molecule has 1 aliphatic heterocycles. The molecular weight excluding hydrogens is 220 g/mol. The van der Waals surface area contributed by atoms with Gasteiger partial charge in [0.25, 0.3) is 0 Å². The first kappa shape index (κ1) is 13.4. The fourth-order valence-electron chi connectivity index (χ4n) is 3.10. The fraction of sp³-hybridized carbons (Fsp3) is 0.625. The standard InChI is InChI=1S/C16H26N2/c1-10-8-15-16(13(4)12(10)3)14(17(5)6)9-11(2)18(15)7/h8,11,14H,9H2,1-7H3. The molecule has 18 heavy (non-hydrogen) atoms. The minimum atomic E-state index is 0.547. The summed E-state index contributed by atoms with van der Waals surface area (Å²) in [5.74, 6) is 0. The maximum atomic E-state index is 2.44. The lowest BCUT2D eigenvalue weighted by atomic mass is 9.85. The highest BCUT2D eigenvalue weighted by Crippen LogP contribution is 2.42. The largest absolute Gasteiger partial charge is 0.372 e. The summed E-state index contributed by atoms with van der Waals surface area (Å²) in [5.41, 5.74) is 7.28. The highest BCUT2D eigenvalue weighted by Gasteiger charge is 2.31. The Morgan fingerprint density at radius 2 is 1.78 bits per heavy atom. The van der Waals surface area contributed by atoms with Gasteiger partial charge in [-0.05, 0) is 76.5 Å². The van der Waals surface area contributed by atoms with E-state index in [1.54, 1.807) is 0 Å². The highest BCUT2D eigenvalue weighted by atomic mass is 15.2. The van der Waals surface area contributed by atoms with Gasteiger partial charge in [0, 0.05) is 24.8 Å². The number of anilines is 1. The van der Waals surface area contributed by atoms with Gasteiger partial charge in [0.15, 0.2) is 0 Å². The number of rotatable bonds is 1. The third-order valence-electron chi connectivity index (χ3n) is 4.75. The Morgan fingerprint density at radius 1 is 1.17 bits per heavy atom. The maximum Gasteiger partial charge on any atom is 0.0420 e. The minimum absolute atomic E-state index is 0.547. The number of benzene rings is 1. The quantitative estimate of drug-likeness (QED) is 0.749. The molecule has 2 rings (SSSR count). The summed E-state index contributed by atoms with van der Waals surface area (Å²) in [5, 5.41) is 0. The normalized spacial score (nSPS) is 23.4. The lowest BCUT2D eigenvalue weighted by Crippen LogP contribution is -2.40. The SMILES string of the molecule is Cc1cc2c(c(C)c1C)C(N(C)C)CC(C)N2C. The molecule has 0 aliphatic carbocycles. The molecule has 0 saturated heterocycles. The highest BCUT2D eigenvalue weighted by molar-refractivity contribution is 5.64. The third-order valence-corrected chi connectivity index (χ3v) is 4.75. The van der Waals surface area contributed by atoms with Gasteiger partial charge in [-0.3, -0.25) is 0 Å². The molecule has 0 spiro atoms. The van der Waals surface area contributed by atoms with E-state index in [1.807, 2.05) is 0 Å². The Hall–Kier alpha value is -1.02. The van der Waals surface area contributed by atoms with E-state index in [0.29, 0.717) is 12.1 Å². The van der Waals surface area contributed by atoms with Crippen LogP contribution in [0.15, 0.2) is 6.07 Å². The third kappa shape index (κ3) is 1.93. The van der Waals surface area contributed by atoms with Crippen molar-refractivity contribution in [2.75, 3.05) is 26.0 Å². The molecule has 2 nitrogen and oxygen atoms in total. The van der Waals surface area contributed by atoms with Gasteiger partial charge in [0.1, 0.15) is 0 Å². The van der Waals surface area contributed by atoms with Crippen LogP contribution in [0, 0.1) is 20.8 Å². The fourth-order valence-corrected chi connectivity index (χ4v) is 3.10. The predicted octanol–water partition coefficient (Wildman–Crippen LogP) is 3.44. The van der Waals surface area contributed by atoms with Gasteiger partial charge in [-0.2, -0.15) is 0 Å². The smallest absolute Gasteiger partial charge is 0.0420 e. The molecule has 1 heterocycles. The van der Waals surface area contributed by atoms with Crippen molar-refractivity contribution in [1.82, 2.24) is 4.90 Å². The number of hydrogen-bond donors (Lipinski definition) is 0. The zero-order valence-electron chi connectivity index (χ0n) is 12.8. The van der Waals surface area contributed by atoms with E-state index in [0.717, 1.165) is 0 Å². The second-order valence-corrected chi connectivity index (χ2v) is 6.05. The summed E-state index contributed by atoms with van der Waals surface area (Å²) < 4.78 is 0. The Bertz CT molecular complexity index is 463. The summed E-state index contributed by atoms with van der Waals surface area (Å²) in [6.45, 7) is 9.07. The van der Waals surface area contributed by atoms with Gasteiger partial charge in [0.2, 0.25) is 0 Å². The lowest BCUT2D eigenvalue weighted by Gasteiger charge is -2.42. The van der Waals surface area contributed by atoms with Crippen LogP contribution >= 0.6 is 0 Å². The molecule has 1 aliphatic rings. The van der Waals surface area contributed by atoms with Crippen LogP contribution < -0.4 is 4.90 Å². The molecule has 2 heteroatoms. The first-order valence-electron chi connectivity index (χ1n) is 6.84. The van der Waals surface area contributed by atoms with Crippen LogP contribution in [0.4, 0.5) is 5.69 Å². The Balaban J connectivity index is 2.67. The topological polar surface area (TPSA) is 6.48 Å². The van der Waals surface area contributed by atoms with E-state index >= 15 is 0 Å². The summed E-state index contributed by atoms with van der Waals surface area (Å²) >= 11 is 0. The second-order valence-electron chi connectivity index (χ2n) is 6.05. The van der Waals surface area contributed by atoms with E-state index < -0.39 is 0 Å². The summed E-state index contributed by atoms with van der Waals surface area (Å²) in [7, 11) is 6.62. The summed E-state index contributed by atoms with van der Waals surface area (Å²) in [6, 6.07) is 3.51. The molecule has 0 N–H and O–H groups in total. The van der Waals surface area contributed by atoms with E-state index in [1.165, 1.54) is 34.4 Å². The molecular formula is C16H26N2. The summed E-state index contributed by atoms with van der Waals surface area (Å²) in [4.78, 5) is 4.80. The molecule has 0 saturated carbocycles. The van der Waals surface area contributed by atoms with Gasteiger partial charge in [-0.25, -0.2) is 0 Å². The van der Waals surface area contributed by atoms with E-state index in [2.05, 4.69) is 64.7 Å². The molecule has 100 valence electrons. The van der Waals surface area contributed by atoms with Gasteiger partial charge in [0.05, 0.1) is 0 Å². The van der Waals surface area contributed by atoms with Crippen LogP contribution in [0.3, 0.4) is 0 Å². The second kappa shape index (κ2) is 4.58. The predicted molar refractivity (Wildman–Crippen MR) is 79.6 cm³/mol. The molecule has 2 unspecified atom stereocenters. The zero-order chi connectivity index (χ0) is 13.6. The van der Waals surface area contributed by atoms with Gasteiger partial charge in [-0.15, -0.1) is 0 Å². The number of nitrogens with zero attached hydrogens (tertiary/aromatic N) is 2.